The molecule has 0 saturated carbocycles. The largest absolute Gasteiger partial charge is 0.381 e. The number of anilines is 1. The molecule has 17 heavy (non-hydrogen) atoms. The van der Waals surface area contributed by atoms with Crippen LogP contribution in [-0.2, 0) is 0 Å². The van der Waals surface area contributed by atoms with Gasteiger partial charge in [-0.2, -0.15) is 0 Å². The summed E-state index contributed by atoms with van der Waals surface area (Å²) in [6.07, 6.45) is 0. The van der Waals surface area contributed by atoms with Gasteiger partial charge in [0.1, 0.15) is 0 Å². The van der Waals surface area contributed by atoms with Crippen LogP contribution in [0.25, 0.3) is 0 Å². The molecule has 2 nitrogen and oxygen atoms in total. The van der Waals surface area contributed by atoms with Crippen molar-refractivity contribution in [3.63, 3.8) is 0 Å². The molecule has 1 aromatic carbocycles. The fraction of sp³-hybridized carbons (Fsp3) is 0.600. The van der Waals surface area contributed by atoms with Crippen molar-refractivity contribution in [1.82, 2.24) is 0 Å². The maximum absolute atomic E-state index is 5.81. The highest BCUT2D eigenvalue weighted by molar-refractivity contribution is 5.54. The molecule has 96 valence electrons. The summed E-state index contributed by atoms with van der Waals surface area (Å²) < 4.78 is 0. The minimum absolute atomic E-state index is 0.344. The van der Waals surface area contributed by atoms with Gasteiger partial charge in [-0.3, -0.25) is 0 Å². The van der Waals surface area contributed by atoms with Crippen molar-refractivity contribution in [2.75, 3.05) is 11.9 Å². The molecule has 0 aromatic heterocycles. The second kappa shape index (κ2) is 6.06. The summed E-state index contributed by atoms with van der Waals surface area (Å²) in [5.41, 5.74) is 9.69. The number of rotatable bonds is 5. The van der Waals surface area contributed by atoms with Crippen molar-refractivity contribution < 1.29 is 0 Å². The number of nitrogens with two attached hydrogens (primary N) is 1. The molecule has 1 rings (SSSR count). The van der Waals surface area contributed by atoms with E-state index in [0.717, 1.165) is 0 Å². The van der Waals surface area contributed by atoms with Gasteiger partial charge in [-0.1, -0.05) is 39.8 Å². The van der Waals surface area contributed by atoms with Gasteiger partial charge in [0.25, 0.3) is 0 Å². The third-order valence-corrected chi connectivity index (χ3v) is 3.33. The van der Waals surface area contributed by atoms with E-state index in [-0.39, 0.29) is 0 Å². The van der Waals surface area contributed by atoms with Crippen LogP contribution in [0.1, 0.15) is 44.7 Å². The molecule has 0 aliphatic carbocycles. The van der Waals surface area contributed by atoms with Gasteiger partial charge in [0, 0.05) is 18.3 Å². The molecule has 2 heteroatoms. The van der Waals surface area contributed by atoms with E-state index >= 15 is 0 Å². The maximum Gasteiger partial charge on any atom is 0.0406 e. The lowest BCUT2D eigenvalue weighted by Crippen LogP contribution is -2.33. The molecule has 1 unspecified atom stereocenters. The van der Waals surface area contributed by atoms with E-state index in [2.05, 4.69) is 58.1 Å². The van der Waals surface area contributed by atoms with Crippen LogP contribution >= 0.6 is 0 Å². The quantitative estimate of drug-likeness (QED) is 0.818. The van der Waals surface area contributed by atoms with Gasteiger partial charge in [-0.15, -0.1) is 0 Å². The van der Waals surface area contributed by atoms with E-state index in [9.17, 15) is 0 Å². The Morgan fingerprint density at radius 3 is 2.29 bits per heavy atom. The molecule has 1 atom stereocenters. The third-order valence-electron chi connectivity index (χ3n) is 3.33. The molecule has 0 radical (unpaired) electrons. The zero-order valence-electron chi connectivity index (χ0n) is 11.7. The third kappa shape index (κ3) is 3.74. The molecule has 0 bridgehead atoms. The highest BCUT2D eigenvalue weighted by Crippen LogP contribution is 2.23. The number of hydrogen-bond acceptors (Lipinski definition) is 2. The summed E-state index contributed by atoms with van der Waals surface area (Å²) in [5, 5.41) is 3.57. The van der Waals surface area contributed by atoms with E-state index in [1.54, 1.807) is 0 Å². The van der Waals surface area contributed by atoms with E-state index in [1.807, 2.05) is 0 Å². The number of benzene rings is 1. The lowest BCUT2D eigenvalue weighted by molar-refractivity contribution is 0.531. The average Bonchev–Trinajstić information content (AvgIpc) is 2.27. The van der Waals surface area contributed by atoms with Crippen LogP contribution in [0, 0.1) is 12.8 Å². The van der Waals surface area contributed by atoms with Crippen molar-refractivity contribution in [3.05, 3.63) is 29.3 Å². The molecule has 0 heterocycles. The van der Waals surface area contributed by atoms with Crippen molar-refractivity contribution in [2.45, 2.75) is 46.6 Å². The molecular formula is C15H26N2. The van der Waals surface area contributed by atoms with Gasteiger partial charge >= 0.3 is 0 Å². The smallest absolute Gasteiger partial charge is 0.0406 e. The molecule has 0 spiro atoms. The van der Waals surface area contributed by atoms with Crippen LogP contribution in [-0.4, -0.2) is 12.6 Å². The number of aryl methyl sites for hydroxylation is 1. The first kappa shape index (κ1) is 14.0. The summed E-state index contributed by atoms with van der Waals surface area (Å²) in [6, 6.07) is 6.99. The van der Waals surface area contributed by atoms with Crippen LogP contribution in [0.15, 0.2) is 18.2 Å². The van der Waals surface area contributed by atoms with E-state index < -0.39 is 0 Å². The standard InChI is InChI=1S/C15H26N2/c1-10(2)13-7-6-12(5)14(8-13)17-15(9-16)11(3)4/h6-8,10-11,15,17H,9,16H2,1-5H3. The first-order valence-electron chi connectivity index (χ1n) is 6.52. The zero-order chi connectivity index (χ0) is 13.0. The Balaban J connectivity index is 2.92. The van der Waals surface area contributed by atoms with Crippen LogP contribution in [0.4, 0.5) is 5.69 Å². The summed E-state index contributed by atoms with van der Waals surface area (Å²) in [6.45, 7) is 11.6. The molecule has 0 aliphatic heterocycles. The number of nitrogens with one attached hydrogen (secondary N) is 1. The average molecular weight is 234 g/mol. The number of hydrogen-bond donors (Lipinski definition) is 2. The minimum atomic E-state index is 0.344. The molecule has 0 amide bonds. The lowest BCUT2D eigenvalue weighted by atomic mass is 9.99. The van der Waals surface area contributed by atoms with Crippen LogP contribution in [0.3, 0.4) is 0 Å². The monoisotopic (exact) mass is 234 g/mol. The van der Waals surface area contributed by atoms with Crippen LogP contribution < -0.4 is 11.1 Å². The predicted molar refractivity (Wildman–Crippen MR) is 76.6 cm³/mol. The van der Waals surface area contributed by atoms with Gasteiger partial charge in [-0.25, -0.2) is 0 Å². The predicted octanol–water partition coefficient (Wildman–Crippen LogP) is 3.51. The first-order valence-corrected chi connectivity index (χ1v) is 6.52. The minimum Gasteiger partial charge on any atom is -0.381 e. The fourth-order valence-corrected chi connectivity index (χ4v) is 1.85. The van der Waals surface area contributed by atoms with Crippen molar-refractivity contribution in [1.29, 1.82) is 0 Å². The molecule has 1 aromatic rings. The summed E-state index contributed by atoms with van der Waals surface area (Å²) >= 11 is 0. The van der Waals surface area contributed by atoms with Crippen molar-refractivity contribution in [3.8, 4) is 0 Å². The highest BCUT2D eigenvalue weighted by Gasteiger charge is 2.12. The van der Waals surface area contributed by atoms with E-state index in [1.165, 1.54) is 16.8 Å². The second-order valence-electron chi connectivity index (χ2n) is 5.46. The van der Waals surface area contributed by atoms with Crippen molar-refractivity contribution >= 4 is 5.69 Å². The Kier molecular flexibility index (Phi) is 5.01. The Morgan fingerprint density at radius 2 is 1.82 bits per heavy atom. The van der Waals surface area contributed by atoms with Gasteiger partial charge in [0.05, 0.1) is 0 Å². The first-order chi connectivity index (χ1) is 7.95. The topological polar surface area (TPSA) is 38.0 Å². The van der Waals surface area contributed by atoms with E-state index in [0.29, 0.717) is 24.4 Å². The van der Waals surface area contributed by atoms with Gasteiger partial charge < -0.3 is 11.1 Å². The van der Waals surface area contributed by atoms with E-state index in [4.69, 9.17) is 5.73 Å². The fourth-order valence-electron chi connectivity index (χ4n) is 1.85. The summed E-state index contributed by atoms with van der Waals surface area (Å²) in [5.74, 6) is 1.11. The molecular weight excluding hydrogens is 208 g/mol. The van der Waals surface area contributed by atoms with Crippen molar-refractivity contribution in [2.24, 2.45) is 11.7 Å². The van der Waals surface area contributed by atoms with Crippen LogP contribution in [0.5, 0.6) is 0 Å². The van der Waals surface area contributed by atoms with Gasteiger partial charge in [0.2, 0.25) is 0 Å². The molecule has 0 fully saturated rings. The van der Waals surface area contributed by atoms with Crippen LogP contribution in [0.2, 0.25) is 0 Å². The Labute approximate surface area is 106 Å². The maximum atomic E-state index is 5.81. The summed E-state index contributed by atoms with van der Waals surface area (Å²) in [7, 11) is 0. The Bertz CT molecular complexity index is 356. The lowest BCUT2D eigenvalue weighted by Gasteiger charge is -2.23. The Hall–Kier alpha value is -1.02. The Morgan fingerprint density at radius 1 is 1.18 bits per heavy atom. The molecule has 0 saturated heterocycles. The molecule has 3 N–H and O–H groups in total. The zero-order valence-corrected chi connectivity index (χ0v) is 11.7. The highest BCUT2D eigenvalue weighted by atomic mass is 14.9. The SMILES string of the molecule is Cc1ccc(C(C)C)cc1NC(CN)C(C)C. The van der Waals surface area contributed by atoms with Gasteiger partial charge in [-0.05, 0) is 36.0 Å². The van der Waals surface area contributed by atoms with Gasteiger partial charge in [0.15, 0.2) is 0 Å². The normalized spacial score (nSPS) is 13.2. The second-order valence-corrected chi connectivity index (χ2v) is 5.46. The molecule has 0 aliphatic rings. The summed E-state index contributed by atoms with van der Waals surface area (Å²) in [4.78, 5) is 0.